The molecule has 0 aromatic heterocycles. The van der Waals surface area contributed by atoms with Crippen LogP contribution in [0.4, 0.5) is 0 Å². The summed E-state index contributed by atoms with van der Waals surface area (Å²) in [5, 5.41) is 0. The molecule has 2 aliphatic rings. The number of carbonyl (C=O) groups excluding carboxylic acids is 3. The van der Waals surface area contributed by atoms with Gasteiger partial charge in [-0.15, -0.1) is 0 Å². The first-order valence-corrected chi connectivity index (χ1v) is 8.44. The lowest BCUT2D eigenvalue weighted by Gasteiger charge is -2.31. The Balaban J connectivity index is 1.83. The number of amides is 3. The first-order valence-electron chi connectivity index (χ1n) is 8.44. The number of benzene rings is 1. The van der Waals surface area contributed by atoms with Crippen LogP contribution in [0.15, 0.2) is 18.2 Å². The van der Waals surface area contributed by atoms with Crippen LogP contribution in [0.1, 0.15) is 57.8 Å². The van der Waals surface area contributed by atoms with Gasteiger partial charge in [0.05, 0.1) is 23.8 Å². The molecule has 1 fully saturated rings. The molecular weight excluding hydrogens is 308 g/mol. The molecule has 0 N–H and O–H groups in total. The molecule has 2 aliphatic heterocycles. The van der Waals surface area contributed by atoms with Crippen LogP contribution in [-0.4, -0.2) is 59.9 Å². The van der Waals surface area contributed by atoms with Gasteiger partial charge >= 0.3 is 0 Å². The molecule has 0 spiro atoms. The fourth-order valence-electron chi connectivity index (χ4n) is 3.13. The van der Waals surface area contributed by atoms with E-state index in [1.165, 1.54) is 4.90 Å². The number of ether oxygens (including phenoxy) is 1. The first-order chi connectivity index (χ1) is 11.5. The van der Waals surface area contributed by atoms with Crippen molar-refractivity contribution in [3.8, 4) is 0 Å². The molecule has 6 heteroatoms. The fourth-order valence-corrected chi connectivity index (χ4v) is 3.13. The third-order valence-corrected chi connectivity index (χ3v) is 4.48. The van der Waals surface area contributed by atoms with Gasteiger partial charge in [0.1, 0.15) is 0 Å². The van der Waals surface area contributed by atoms with Crippen molar-refractivity contribution < 1.29 is 19.1 Å². The van der Waals surface area contributed by atoms with Crippen molar-refractivity contribution >= 4 is 17.7 Å². The molecule has 6 nitrogen and oxygen atoms in total. The van der Waals surface area contributed by atoms with Crippen molar-refractivity contribution in [3.63, 3.8) is 0 Å². The van der Waals surface area contributed by atoms with E-state index in [1.54, 1.807) is 23.1 Å². The number of fused-ring (bicyclic) bond motifs is 1. The minimum Gasteiger partial charge on any atom is -0.375 e. The van der Waals surface area contributed by atoms with Gasteiger partial charge in [0.25, 0.3) is 17.7 Å². The zero-order valence-corrected chi connectivity index (χ0v) is 14.1. The van der Waals surface area contributed by atoms with Crippen molar-refractivity contribution in [1.29, 1.82) is 0 Å². The van der Waals surface area contributed by atoms with E-state index in [9.17, 15) is 14.4 Å². The highest BCUT2D eigenvalue weighted by atomic mass is 16.5. The van der Waals surface area contributed by atoms with Gasteiger partial charge in [-0.25, -0.2) is 0 Å². The molecule has 3 rings (SSSR count). The summed E-state index contributed by atoms with van der Waals surface area (Å²) < 4.78 is 5.45. The number of unbranched alkanes of at least 4 members (excludes halogenated alkanes) is 1. The van der Waals surface area contributed by atoms with Gasteiger partial charge in [-0.2, -0.15) is 0 Å². The average molecular weight is 330 g/mol. The van der Waals surface area contributed by atoms with Gasteiger partial charge in [0, 0.05) is 25.2 Å². The number of hydrogen-bond acceptors (Lipinski definition) is 4. The highest BCUT2D eigenvalue weighted by molar-refractivity contribution is 6.22. The summed E-state index contributed by atoms with van der Waals surface area (Å²) in [4.78, 5) is 40.5. The van der Waals surface area contributed by atoms with Gasteiger partial charge in [0.2, 0.25) is 0 Å². The number of imide groups is 1. The Kier molecular flexibility index (Phi) is 4.66. The standard InChI is InChI=1S/C18H22N2O4/c1-3-4-7-20-17(22)14-6-5-13(10-15(14)18(20)23)16(21)19-8-9-24-12(2)11-19/h5-6,10,12H,3-4,7-9,11H2,1-2H3. The fraction of sp³-hybridized carbons (Fsp3) is 0.500. The second kappa shape index (κ2) is 6.73. The Morgan fingerprint density at radius 2 is 2.00 bits per heavy atom. The van der Waals surface area contributed by atoms with Crippen LogP contribution in [0.5, 0.6) is 0 Å². The molecule has 128 valence electrons. The molecule has 2 heterocycles. The van der Waals surface area contributed by atoms with Crippen molar-refractivity contribution in [3.05, 3.63) is 34.9 Å². The summed E-state index contributed by atoms with van der Waals surface area (Å²) in [7, 11) is 0. The number of carbonyl (C=O) groups is 3. The Morgan fingerprint density at radius 3 is 2.71 bits per heavy atom. The highest BCUT2D eigenvalue weighted by Gasteiger charge is 2.36. The summed E-state index contributed by atoms with van der Waals surface area (Å²) in [6.07, 6.45) is 1.69. The molecule has 0 radical (unpaired) electrons. The molecule has 0 saturated carbocycles. The van der Waals surface area contributed by atoms with Crippen molar-refractivity contribution in [2.45, 2.75) is 32.8 Å². The molecule has 1 aromatic carbocycles. The van der Waals surface area contributed by atoms with Crippen molar-refractivity contribution in [2.24, 2.45) is 0 Å². The van der Waals surface area contributed by atoms with Crippen LogP contribution >= 0.6 is 0 Å². The average Bonchev–Trinajstić information content (AvgIpc) is 2.83. The minimum absolute atomic E-state index is 0.00451. The van der Waals surface area contributed by atoms with Crippen molar-refractivity contribution in [1.82, 2.24) is 9.80 Å². The quantitative estimate of drug-likeness (QED) is 0.791. The maximum Gasteiger partial charge on any atom is 0.261 e. The van der Waals surface area contributed by atoms with E-state index in [0.717, 1.165) is 12.8 Å². The van der Waals surface area contributed by atoms with E-state index in [0.29, 0.717) is 42.9 Å². The van der Waals surface area contributed by atoms with E-state index in [-0.39, 0.29) is 23.8 Å². The molecule has 3 amide bonds. The third kappa shape index (κ3) is 2.94. The largest absolute Gasteiger partial charge is 0.375 e. The van der Waals surface area contributed by atoms with Gasteiger partial charge in [0.15, 0.2) is 0 Å². The summed E-state index contributed by atoms with van der Waals surface area (Å²) in [5.74, 6) is -0.684. The van der Waals surface area contributed by atoms with Gasteiger partial charge in [-0.3, -0.25) is 19.3 Å². The molecule has 1 aromatic rings. The second-order valence-electron chi connectivity index (χ2n) is 6.31. The van der Waals surface area contributed by atoms with E-state index < -0.39 is 0 Å². The number of nitrogens with zero attached hydrogens (tertiary/aromatic N) is 2. The zero-order valence-electron chi connectivity index (χ0n) is 14.1. The second-order valence-corrected chi connectivity index (χ2v) is 6.31. The maximum atomic E-state index is 12.6. The molecule has 1 atom stereocenters. The van der Waals surface area contributed by atoms with E-state index in [1.807, 2.05) is 13.8 Å². The lowest BCUT2D eigenvalue weighted by molar-refractivity contribution is -0.0124. The van der Waals surface area contributed by atoms with Crippen LogP contribution in [0, 0.1) is 0 Å². The Hall–Kier alpha value is -2.21. The van der Waals surface area contributed by atoms with Crippen LogP contribution in [0.25, 0.3) is 0 Å². The predicted octanol–water partition coefficient (Wildman–Crippen LogP) is 1.94. The van der Waals surface area contributed by atoms with Gasteiger partial charge in [-0.1, -0.05) is 13.3 Å². The van der Waals surface area contributed by atoms with Crippen LogP contribution in [-0.2, 0) is 4.74 Å². The van der Waals surface area contributed by atoms with E-state index >= 15 is 0 Å². The SMILES string of the molecule is CCCCN1C(=O)c2ccc(C(=O)N3CCOC(C)C3)cc2C1=O. The topological polar surface area (TPSA) is 66.9 Å². The molecule has 24 heavy (non-hydrogen) atoms. The van der Waals surface area contributed by atoms with Crippen LogP contribution < -0.4 is 0 Å². The van der Waals surface area contributed by atoms with E-state index in [2.05, 4.69) is 0 Å². The number of rotatable bonds is 4. The summed E-state index contributed by atoms with van der Waals surface area (Å²) >= 11 is 0. The smallest absolute Gasteiger partial charge is 0.261 e. The van der Waals surface area contributed by atoms with Crippen LogP contribution in [0.2, 0.25) is 0 Å². The Bertz CT molecular complexity index is 686. The normalized spacial score (nSPS) is 20.5. The van der Waals surface area contributed by atoms with E-state index in [4.69, 9.17) is 4.74 Å². The Labute approximate surface area is 141 Å². The number of hydrogen-bond donors (Lipinski definition) is 0. The Morgan fingerprint density at radius 1 is 1.25 bits per heavy atom. The van der Waals surface area contributed by atoms with Crippen LogP contribution in [0.3, 0.4) is 0 Å². The third-order valence-electron chi connectivity index (χ3n) is 4.48. The van der Waals surface area contributed by atoms with Crippen molar-refractivity contribution in [2.75, 3.05) is 26.2 Å². The lowest BCUT2D eigenvalue weighted by Crippen LogP contribution is -2.44. The van der Waals surface area contributed by atoms with Gasteiger partial charge in [-0.05, 0) is 31.5 Å². The molecule has 1 saturated heterocycles. The van der Waals surface area contributed by atoms with Gasteiger partial charge < -0.3 is 9.64 Å². The first kappa shape index (κ1) is 16.6. The molecule has 1 unspecified atom stereocenters. The molecular formula is C18H22N2O4. The summed E-state index contributed by atoms with van der Waals surface area (Å²) in [6, 6.07) is 4.79. The molecule has 0 aliphatic carbocycles. The number of morpholine rings is 1. The predicted molar refractivity (Wildman–Crippen MR) is 88.0 cm³/mol. The zero-order chi connectivity index (χ0) is 17.3. The summed E-state index contributed by atoms with van der Waals surface area (Å²) in [5.41, 5.74) is 1.17. The summed E-state index contributed by atoms with van der Waals surface area (Å²) in [6.45, 7) is 5.95. The lowest BCUT2D eigenvalue weighted by atomic mass is 10.0. The minimum atomic E-state index is -0.298. The maximum absolute atomic E-state index is 12.6. The highest BCUT2D eigenvalue weighted by Crippen LogP contribution is 2.25. The molecule has 0 bridgehead atoms. The monoisotopic (exact) mass is 330 g/mol.